The fraction of sp³-hybridized carbons (Fsp3) is 0.517. The highest BCUT2D eigenvalue weighted by molar-refractivity contribution is 9.10. The predicted molar refractivity (Wildman–Crippen MR) is 153 cm³/mol. The maximum atomic E-state index is 15.6. The summed E-state index contributed by atoms with van der Waals surface area (Å²) in [6.45, 7) is 6.01. The van der Waals surface area contributed by atoms with Gasteiger partial charge in [-0.25, -0.2) is 9.18 Å². The molecule has 9 nitrogen and oxygen atoms in total. The van der Waals surface area contributed by atoms with Crippen molar-refractivity contribution in [3.63, 3.8) is 0 Å². The molecule has 1 saturated carbocycles. The van der Waals surface area contributed by atoms with Crippen molar-refractivity contribution in [2.75, 3.05) is 20.6 Å². The molecule has 0 unspecified atom stereocenters. The van der Waals surface area contributed by atoms with Crippen molar-refractivity contribution in [1.29, 1.82) is 5.26 Å². The molecule has 2 amide bonds. The van der Waals surface area contributed by atoms with Crippen LogP contribution in [0.1, 0.15) is 57.3 Å². The first-order valence-electron chi connectivity index (χ1n) is 13.5. The third kappa shape index (κ3) is 4.76. The molecule has 0 spiro atoms. The Labute approximate surface area is 240 Å². The van der Waals surface area contributed by atoms with Crippen molar-refractivity contribution in [3.8, 4) is 6.07 Å². The van der Waals surface area contributed by atoms with E-state index in [4.69, 9.17) is 10.00 Å². The van der Waals surface area contributed by atoms with E-state index in [9.17, 15) is 14.4 Å². The summed E-state index contributed by atoms with van der Waals surface area (Å²) in [5, 5.41) is 10.1. The summed E-state index contributed by atoms with van der Waals surface area (Å²) >= 11 is 3.32. The molecule has 212 valence electrons. The molecule has 40 heavy (non-hydrogen) atoms. The van der Waals surface area contributed by atoms with Crippen molar-refractivity contribution >= 4 is 49.7 Å². The first kappa shape index (κ1) is 28.1. The number of ether oxygens (including phenoxy) is 1. The zero-order valence-electron chi connectivity index (χ0n) is 23.3. The van der Waals surface area contributed by atoms with E-state index in [2.05, 4.69) is 31.6 Å². The first-order valence-corrected chi connectivity index (χ1v) is 14.2. The minimum Gasteiger partial charge on any atom is -0.444 e. The topological polar surface area (TPSA) is 111 Å². The second-order valence-electron chi connectivity index (χ2n) is 11.9. The number of pyridine rings is 1. The summed E-state index contributed by atoms with van der Waals surface area (Å²) < 4.78 is 23.6. The van der Waals surface area contributed by atoms with Gasteiger partial charge < -0.3 is 24.1 Å². The van der Waals surface area contributed by atoms with Crippen molar-refractivity contribution in [2.45, 2.75) is 70.6 Å². The van der Waals surface area contributed by atoms with Crippen LogP contribution in [0, 0.1) is 23.1 Å². The van der Waals surface area contributed by atoms with E-state index >= 15 is 4.39 Å². The summed E-state index contributed by atoms with van der Waals surface area (Å²) in [5.74, 6) is -0.506. The molecule has 3 aliphatic rings. The van der Waals surface area contributed by atoms with E-state index < -0.39 is 17.0 Å². The number of hydrogen-bond donors (Lipinski definition) is 1. The van der Waals surface area contributed by atoms with Gasteiger partial charge in [0.15, 0.2) is 5.82 Å². The number of nitrogens with zero attached hydrogens (tertiary/aromatic N) is 4. The molecule has 6 rings (SSSR count). The second-order valence-corrected chi connectivity index (χ2v) is 12.7. The molecule has 2 aromatic heterocycles. The Morgan fingerprint density at radius 3 is 2.62 bits per heavy atom. The van der Waals surface area contributed by atoms with Crippen LogP contribution in [0.15, 0.2) is 21.4 Å². The summed E-state index contributed by atoms with van der Waals surface area (Å²) in [4.78, 5) is 44.9. The number of amides is 2. The average molecular weight is 615 g/mol. The Balaban J connectivity index is 1.70. The molecular weight excluding hydrogens is 581 g/mol. The van der Waals surface area contributed by atoms with Crippen LogP contribution in [-0.4, -0.2) is 63.6 Å². The van der Waals surface area contributed by atoms with Gasteiger partial charge in [0.25, 0.3) is 5.56 Å². The molecule has 2 saturated heterocycles. The molecule has 0 radical (unpaired) electrons. The van der Waals surface area contributed by atoms with Crippen LogP contribution in [0.5, 0.6) is 0 Å². The Kier molecular flexibility index (Phi) is 7.19. The van der Waals surface area contributed by atoms with Crippen molar-refractivity contribution in [2.24, 2.45) is 5.92 Å². The van der Waals surface area contributed by atoms with E-state index in [0.717, 1.165) is 12.1 Å². The van der Waals surface area contributed by atoms with Crippen molar-refractivity contribution in [3.05, 3.63) is 44.0 Å². The Bertz CT molecular complexity index is 1630. The van der Waals surface area contributed by atoms with Gasteiger partial charge in [0.2, 0.25) is 5.91 Å². The third-order valence-electron chi connectivity index (χ3n) is 7.92. The number of hydrogen-bond acceptors (Lipinski definition) is 5. The number of aryl methyl sites for hydroxylation is 2. The van der Waals surface area contributed by atoms with Crippen LogP contribution >= 0.6 is 15.9 Å². The highest BCUT2D eigenvalue weighted by Gasteiger charge is 2.56. The standard InChI is InChI=1S/C29H33BrFN5O4/c1-29(2,3)40-28(39)35-14-16-12-20(35)25(16)36-17(8-9-21(37)34(4)5)13-19-26(36)18-11-15(7-6-10-32)22(30)23(31)24(18)33-27(19)38/h11,13,16,20,25H,6-9,12,14H2,1-5H3,(H,33,38)/t16-,20-,25+/m1/s1. The zero-order valence-corrected chi connectivity index (χ0v) is 24.9. The van der Waals surface area contributed by atoms with Gasteiger partial charge in [0, 0.05) is 50.5 Å². The number of nitrogens with one attached hydrogen (secondary N) is 1. The second kappa shape index (κ2) is 10.2. The van der Waals surface area contributed by atoms with Crippen LogP contribution < -0.4 is 5.56 Å². The predicted octanol–water partition coefficient (Wildman–Crippen LogP) is 5.04. The van der Waals surface area contributed by atoms with Crippen LogP contribution in [0.4, 0.5) is 9.18 Å². The number of carbonyl (C=O) groups is 2. The molecule has 2 bridgehead atoms. The van der Waals surface area contributed by atoms with E-state index in [1.807, 2.05) is 26.8 Å². The van der Waals surface area contributed by atoms with E-state index in [0.29, 0.717) is 41.2 Å². The highest BCUT2D eigenvalue weighted by Crippen LogP contribution is 2.52. The molecule has 11 heteroatoms. The van der Waals surface area contributed by atoms with Crippen LogP contribution in [0.25, 0.3) is 21.8 Å². The first-order chi connectivity index (χ1) is 18.8. The van der Waals surface area contributed by atoms with Crippen LogP contribution in [-0.2, 0) is 22.4 Å². The lowest BCUT2D eigenvalue weighted by molar-refractivity contribution is -0.128. The van der Waals surface area contributed by atoms with Crippen LogP contribution in [0.2, 0.25) is 0 Å². The molecule has 1 aromatic carbocycles. The van der Waals surface area contributed by atoms with Gasteiger partial charge in [-0.15, -0.1) is 0 Å². The molecule has 1 N–H and O–H groups in total. The van der Waals surface area contributed by atoms with Crippen molar-refractivity contribution < 1.29 is 18.7 Å². The Morgan fingerprint density at radius 1 is 1.25 bits per heavy atom. The quantitative estimate of drug-likeness (QED) is 0.418. The number of fused-ring (bicyclic) bond motifs is 4. The average Bonchev–Trinajstić information content (AvgIpc) is 3.57. The number of benzene rings is 1. The lowest BCUT2D eigenvalue weighted by Crippen LogP contribution is -2.44. The van der Waals surface area contributed by atoms with Gasteiger partial charge in [-0.05, 0) is 73.7 Å². The number of H-pyrrole nitrogens is 1. The minimum atomic E-state index is -0.633. The van der Waals surface area contributed by atoms with Gasteiger partial charge in [-0.2, -0.15) is 5.26 Å². The molecule has 3 atom stereocenters. The van der Waals surface area contributed by atoms with E-state index in [-0.39, 0.29) is 52.8 Å². The van der Waals surface area contributed by atoms with Crippen molar-refractivity contribution in [1.82, 2.24) is 19.4 Å². The van der Waals surface area contributed by atoms with Gasteiger partial charge >= 0.3 is 6.09 Å². The summed E-state index contributed by atoms with van der Waals surface area (Å²) in [7, 11) is 3.40. The Morgan fingerprint density at radius 2 is 1.98 bits per heavy atom. The maximum absolute atomic E-state index is 15.6. The number of halogens is 2. The number of rotatable bonds is 6. The number of nitriles is 1. The molecule has 1 aliphatic carbocycles. The SMILES string of the molecule is CN(C)C(=O)CCc1cc2c(=O)[nH]c3c(F)c(Br)c(CCC#N)cc3c2n1[C@H]1[C@@H]2C[C@H]1N(C(=O)OC(C)(C)C)C2. The number of carbonyl (C=O) groups excluding carboxylic acids is 2. The van der Waals surface area contributed by atoms with Gasteiger partial charge in [0.05, 0.1) is 39.0 Å². The van der Waals surface area contributed by atoms with Gasteiger partial charge in [-0.1, -0.05) is 0 Å². The summed E-state index contributed by atoms with van der Waals surface area (Å²) in [5.41, 5.74) is 1.02. The largest absolute Gasteiger partial charge is 0.444 e. The monoisotopic (exact) mass is 613 g/mol. The molecule has 3 fully saturated rings. The third-order valence-corrected chi connectivity index (χ3v) is 8.77. The summed E-state index contributed by atoms with van der Waals surface area (Å²) in [6.07, 6.45) is 1.61. The van der Waals surface area contributed by atoms with Gasteiger partial charge in [-0.3, -0.25) is 9.59 Å². The van der Waals surface area contributed by atoms with E-state index in [1.54, 1.807) is 25.1 Å². The highest BCUT2D eigenvalue weighted by atomic mass is 79.9. The fourth-order valence-corrected chi connectivity index (χ4v) is 6.57. The number of aromatic nitrogens is 2. The van der Waals surface area contributed by atoms with Gasteiger partial charge in [0.1, 0.15) is 5.60 Å². The molecule has 3 aromatic rings. The maximum Gasteiger partial charge on any atom is 0.410 e. The molecule has 2 aliphatic heterocycles. The van der Waals surface area contributed by atoms with E-state index in [1.165, 1.54) is 4.90 Å². The smallest absolute Gasteiger partial charge is 0.410 e. The Hall–Kier alpha value is -3.39. The normalized spacial score (nSPS) is 20.1. The van der Waals surface area contributed by atoms with Crippen LogP contribution in [0.3, 0.4) is 0 Å². The lowest BCUT2D eigenvalue weighted by Gasteiger charge is -2.39. The zero-order chi connectivity index (χ0) is 29.1. The summed E-state index contributed by atoms with van der Waals surface area (Å²) in [6, 6.07) is 5.44. The lowest BCUT2D eigenvalue weighted by atomic mass is 9.79. The fourth-order valence-electron chi connectivity index (χ4n) is 6.06. The number of aromatic amines is 1. The molecule has 4 heterocycles. The molecular formula is C29H33BrFN5O4. The minimum absolute atomic E-state index is 0.0451.